The number of pyridine rings is 1. The second-order valence-corrected chi connectivity index (χ2v) is 8.51. The smallest absolute Gasteiger partial charge is 0.303 e. The standard InChI is InChI=1S/C22H22ClNO7S/c1-12(25)28-19-11-32-22(21(30-14(3)27)20(19)29-13(2)26)31-18-10-15(7-8-16(18)23)17-6-4-5-9-24-17/h4-10,19-22H,11H2,1-3H3/t19-,20+,21-,22-/m1/s1. The molecule has 170 valence electrons. The first-order valence-electron chi connectivity index (χ1n) is 9.75. The summed E-state index contributed by atoms with van der Waals surface area (Å²) in [6.07, 6.45) is -1.20. The van der Waals surface area contributed by atoms with Crippen molar-refractivity contribution in [2.45, 2.75) is 44.5 Å². The molecule has 3 rings (SSSR count). The fraction of sp³-hybridized carbons (Fsp3) is 0.364. The molecule has 0 bridgehead atoms. The Kier molecular flexibility index (Phi) is 7.98. The topological polar surface area (TPSA) is 101 Å². The van der Waals surface area contributed by atoms with E-state index >= 15 is 0 Å². The van der Waals surface area contributed by atoms with Crippen LogP contribution >= 0.6 is 23.4 Å². The van der Waals surface area contributed by atoms with Crippen LogP contribution < -0.4 is 4.74 Å². The number of carbonyl (C=O) groups is 3. The van der Waals surface area contributed by atoms with Gasteiger partial charge in [0.1, 0.15) is 5.75 Å². The van der Waals surface area contributed by atoms with E-state index in [0.717, 1.165) is 11.3 Å². The third-order valence-corrected chi connectivity index (χ3v) is 5.97. The molecule has 32 heavy (non-hydrogen) atoms. The van der Waals surface area contributed by atoms with Crippen molar-refractivity contribution < 1.29 is 33.3 Å². The lowest BCUT2D eigenvalue weighted by atomic mass is 10.1. The Morgan fingerprint density at radius 1 is 0.969 bits per heavy atom. The van der Waals surface area contributed by atoms with Crippen LogP contribution in [-0.2, 0) is 28.6 Å². The Bertz CT molecular complexity index is 987. The molecule has 1 saturated heterocycles. The molecule has 1 fully saturated rings. The predicted molar refractivity (Wildman–Crippen MR) is 118 cm³/mol. The molecule has 1 aromatic carbocycles. The average Bonchev–Trinajstić information content (AvgIpc) is 2.73. The molecule has 0 N–H and O–H groups in total. The van der Waals surface area contributed by atoms with Gasteiger partial charge in [0.15, 0.2) is 23.7 Å². The number of hydrogen-bond acceptors (Lipinski definition) is 9. The van der Waals surface area contributed by atoms with Gasteiger partial charge in [-0.1, -0.05) is 23.7 Å². The number of rotatable bonds is 6. The molecule has 10 heteroatoms. The highest BCUT2D eigenvalue weighted by molar-refractivity contribution is 7.99. The largest absolute Gasteiger partial charge is 0.474 e. The van der Waals surface area contributed by atoms with Crippen molar-refractivity contribution in [1.29, 1.82) is 0 Å². The van der Waals surface area contributed by atoms with Gasteiger partial charge in [-0.2, -0.15) is 0 Å². The second-order valence-electron chi connectivity index (χ2n) is 6.98. The molecule has 0 radical (unpaired) electrons. The minimum Gasteiger partial charge on any atom is -0.474 e. The molecular formula is C22H22ClNO7S. The molecule has 8 nitrogen and oxygen atoms in total. The van der Waals surface area contributed by atoms with Crippen molar-refractivity contribution >= 4 is 41.3 Å². The number of nitrogens with zero attached hydrogens (tertiary/aromatic N) is 1. The van der Waals surface area contributed by atoms with Gasteiger partial charge in [-0.3, -0.25) is 19.4 Å². The molecule has 1 aliphatic rings. The Morgan fingerprint density at radius 3 is 2.28 bits per heavy atom. The zero-order valence-electron chi connectivity index (χ0n) is 17.6. The fourth-order valence-corrected chi connectivity index (χ4v) is 4.59. The molecule has 0 aliphatic carbocycles. The lowest BCUT2D eigenvalue weighted by Crippen LogP contribution is -2.55. The Hall–Kier alpha value is -2.78. The maximum atomic E-state index is 11.8. The van der Waals surface area contributed by atoms with Gasteiger partial charge in [0.25, 0.3) is 0 Å². The van der Waals surface area contributed by atoms with Crippen LogP contribution in [0.5, 0.6) is 5.75 Å². The Morgan fingerprint density at radius 2 is 1.66 bits per heavy atom. The normalized spacial score (nSPS) is 22.5. The summed E-state index contributed by atoms with van der Waals surface area (Å²) in [4.78, 5) is 39.4. The van der Waals surface area contributed by atoms with Crippen LogP contribution in [0.2, 0.25) is 5.02 Å². The van der Waals surface area contributed by atoms with Crippen LogP contribution in [0.1, 0.15) is 20.8 Å². The highest BCUT2D eigenvalue weighted by Gasteiger charge is 2.47. The minimum atomic E-state index is -1.04. The molecule has 1 aliphatic heterocycles. The number of carbonyl (C=O) groups excluding carboxylic acids is 3. The SMILES string of the molecule is CC(=O)O[C@@H]1[C@@H](OC(C)=O)[C@H](OC(C)=O)CS[C@H]1Oc1cc(-c2ccccn2)ccc1Cl. The zero-order chi connectivity index (χ0) is 23.3. The maximum absolute atomic E-state index is 11.8. The number of ether oxygens (including phenoxy) is 4. The van der Waals surface area contributed by atoms with E-state index in [1.807, 2.05) is 24.3 Å². The van der Waals surface area contributed by atoms with Crippen LogP contribution in [0, 0.1) is 0 Å². The summed E-state index contributed by atoms with van der Waals surface area (Å²) in [6, 6.07) is 10.8. The maximum Gasteiger partial charge on any atom is 0.303 e. The minimum absolute atomic E-state index is 0.261. The van der Waals surface area contributed by atoms with Crippen LogP contribution in [0.4, 0.5) is 0 Å². The van der Waals surface area contributed by atoms with E-state index in [-0.39, 0.29) is 5.75 Å². The van der Waals surface area contributed by atoms with Gasteiger partial charge in [-0.25, -0.2) is 0 Å². The molecule has 1 aromatic heterocycles. The lowest BCUT2D eigenvalue weighted by Gasteiger charge is -2.40. The summed E-state index contributed by atoms with van der Waals surface area (Å²) < 4.78 is 22.2. The Labute approximate surface area is 194 Å². The Balaban J connectivity index is 1.91. The number of esters is 3. The van der Waals surface area contributed by atoms with E-state index in [1.54, 1.807) is 18.3 Å². The van der Waals surface area contributed by atoms with Gasteiger partial charge >= 0.3 is 17.9 Å². The first-order valence-corrected chi connectivity index (χ1v) is 11.2. The summed E-state index contributed by atoms with van der Waals surface area (Å²) in [7, 11) is 0. The highest BCUT2D eigenvalue weighted by atomic mass is 35.5. The molecule has 0 unspecified atom stereocenters. The van der Waals surface area contributed by atoms with Crippen LogP contribution in [0.3, 0.4) is 0 Å². The molecule has 0 amide bonds. The molecule has 2 aromatic rings. The molecule has 4 atom stereocenters. The van der Waals surface area contributed by atoms with Gasteiger partial charge in [0, 0.05) is 38.3 Å². The quantitative estimate of drug-likeness (QED) is 0.453. The second kappa shape index (κ2) is 10.7. The van der Waals surface area contributed by atoms with Gasteiger partial charge in [0.2, 0.25) is 0 Å². The molecule has 0 saturated carbocycles. The lowest BCUT2D eigenvalue weighted by molar-refractivity contribution is -0.186. The van der Waals surface area contributed by atoms with E-state index in [2.05, 4.69) is 4.98 Å². The molecular weight excluding hydrogens is 458 g/mol. The summed E-state index contributed by atoms with van der Waals surface area (Å²) >= 11 is 7.61. The van der Waals surface area contributed by atoms with Gasteiger partial charge < -0.3 is 18.9 Å². The van der Waals surface area contributed by atoms with E-state index in [1.165, 1.54) is 32.5 Å². The summed E-state index contributed by atoms with van der Waals surface area (Å²) in [6.45, 7) is 3.71. The van der Waals surface area contributed by atoms with Crippen molar-refractivity contribution in [3.8, 4) is 17.0 Å². The fourth-order valence-electron chi connectivity index (χ4n) is 3.22. The highest BCUT2D eigenvalue weighted by Crippen LogP contribution is 2.37. The van der Waals surface area contributed by atoms with E-state index in [4.69, 9.17) is 30.5 Å². The number of halogens is 1. The first kappa shape index (κ1) is 23.9. The first-order chi connectivity index (χ1) is 15.2. The van der Waals surface area contributed by atoms with Gasteiger partial charge in [-0.15, -0.1) is 11.8 Å². The molecule has 2 heterocycles. The third kappa shape index (κ3) is 6.14. The van der Waals surface area contributed by atoms with Crippen molar-refractivity contribution in [3.05, 3.63) is 47.6 Å². The van der Waals surface area contributed by atoms with Crippen molar-refractivity contribution in [3.63, 3.8) is 0 Å². The van der Waals surface area contributed by atoms with Crippen molar-refractivity contribution in [2.24, 2.45) is 0 Å². The van der Waals surface area contributed by atoms with Crippen molar-refractivity contribution in [2.75, 3.05) is 5.75 Å². The number of hydrogen-bond donors (Lipinski definition) is 0. The van der Waals surface area contributed by atoms with Crippen LogP contribution in [-0.4, -0.2) is 52.4 Å². The molecule has 0 spiro atoms. The summed E-state index contributed by atoms with van der Waals surface area (Å²) in [5.74, 6) is -1.14. The third-order valence-electron chi connectivity index (χ3n) is 4.44. The zero-order valence-corrected chi connectivity index (χ0v) is 19.2. The average molecular weight is 480 g/mol. The van der Waals surface area contributed by atoms with E-state index < -0.39 is 41.7 Å². The number of aromatic nitrogens is 1. The summed E-state index contributed by atoms with van der Waals surface area (Å²) in [5.41, 5.74) is 0.741. The number of thioether (sulfide) groups is 1. The summed E-state index contributed by atoms with van der Waals surface area (Å²) in [5, 5.41) is 0.345. The van der Waals surface area contributed by atoms with Crippen molar-refractivity contribution in [1.82, 2.24) is 4.98 Å². The van der Waals surface area contributed by atoms with Crippen LogP contribution in [0.15, 0.2) is 42.6 Å². The van der Waals surface area contributed by atoms with E-state index in [0.29, 0.717) is 10.8 Å². The van der Waals surface area contributed by atoms with E-state index in [9.17, 15) is 14.4 Å². The van der Waals surface area contributed by atoms with Gasteiger partial charge in [-0.05, 0) is 24.3 Å². The predicted octanol–water partition coefficient (Wildman–Crippen LogP) is 3.65. The van der Waals surface area contributed by atoms with Gasteiger partial charge in [0.05, 0.1) is 10.7 Å². The van der Waals surface area contributed by atoms with Crippen LogP contribution in [0.25, 0.3) is 11.3 Å². The monoisotopic (exact) mass is 479 g/mol. The number of benzene rings is 1.